The van der Waals surface area contributed by atoms with E-state index >= 15 is 0 Å². The van der Waals surface area contributed by atoms with Crippen molar-refractivity contribution in [2.75, 3.05) is 7.11 Å². The van der Waals surface area contributed by atoms with Crippen molar-refractivity contribution in [1.29, 1.82) is 0 Å². The third-order valence-corrected chi connectivity index (χ3v) is 6.29. The lowest BCUT2D eigenvalue weighted by atomic mass is 10.0. The van der Waals surface area contributed by atoms with Gasteiger partial charge in [0, 0.05) is 21.2 Å². The largest absolute Gasteiger partial charge is 0.496 e. The Morgan fingerprint density at radius 3 is 2.45 bits per heavy atom. The Hall–Kier alpha value is -2.47. The maximum absolute atomic E-state index is 13.0. The van der Waals surface area contributed by atoms with Crippen molar-refractivity contribution in [2.24, 2.45) is 0 Å². The minimum atomic E-state index is -0.383. The number of rotatable bonds is 4. The molecule has 2 amide bonds. The van der Waals surface area contributed by atoms with Crippen LogP contribution in [-0.4, -0.2) is 23.2 Å². The monoisotopic (exact) mass is 443 g/mol. The first kappa shape index (κ1) is 19.8. The number of thioether (sulfide) groups is 1. The van der Waals surface area contributed by atoms with E-state index in [0.717, 1.165) is 33.0 Å². The number of methoxy groups -OCH3 is 1. The van der Waals surface area contributed by atoms with Gasteiger partial charge in [-0.3, -0.25) is 14.5 Å². The third kappa shape index (κ3) is 3.73. The molecule has 4 nitrogen and oxygen atoms in total. The molecule has 1 fully saturated rings. The second-order valence-electron chi connectivity index (χ2n) is 6.37. The summed E-state index contributed by atoms with van der Waals surface area (Å²) in [6.45, 7) is 0.0210. The number of hydrogen-bond acceptors (Lipinski definition) is 4. The fourth-order valence-corrected chi connectivity index (χ4v) is 4.55. The minimum Gasteiger partial charge on any atom is -0.496 e. The molecule has 1 saturated heterocycles. The van der Waals surface area contributed by atoms with Crippen molar-refractivity contribution in [1.82, 2.24) is 4.90 Å². The van der Waals surface area contributed by atoms with Crippen molar-refractivity contribution in [3.05, 3.63) is 80.7 Å². The summed E-state index contributed by atoms with van der Waals surface area (Å²) in [6.07, 6.45) is 1.71. The Morgan fingerprint density at radius 1 is 1.00 bits per heavy atom. The molecule has 1 heterocycles. The fraction of sp³-hybridized carbons (Fsp3) is 0.0909. The molecule has 0 unspecified atom stereocenters. The highest BCUT2D eigenvalue weighted by molar-refractivity contribution is 8.18. The summed E-state index contributed by atoms with van der Waals surface area (Å²) in [4.78, 5) is 27.0. The summed E-state index contributed by atoms with van der Waals surface area (Å²) in [7, 11) is 1.58. The van der Waals surface area contributed by atoms with E-state index in [2.05, 4.69) is 0 Å². The van der Waals surface area contributed by atoms with Gasteiger partial charge < -0.3 is 4.74 Å². The van der Waals surface area contributed by atoms with Crippen molar-refractivity contribution < 1.29 is 14.3 Å². The van der Waals surface area contributed by atoms with Gasteiger partial charge in [0.1, 0.15) is 5.75 Å². The van der Waals surface area contributed by atoms with Crippen LogP contribution in [0.15, 0.2) is 59.5 Å². The van der Waals surface area contributed by atoms with Gasteiger partial charge in [-0.2, -0.15) is 0 Å². The van der Waals surface area contributed by atoms with Crippen LogP contribution >= 0.6 is 35.0 Å². The zero-order chi connectivity index (χ0) is 20.5. The van der Waals surface area contributed by atoms with E-state index in [1.54, 1.807) is 31.4 Å². The molecule has 1 aliphatic rings. The molecule has 146 valence electrons. The van der Waals surface area contributed by atoms with Crippen molar-refractivity contribution in [3.63, 3.8) is 0 Å². The highest BCUT2D eigenvalue weighted by Gasteiger charge is 2.36. The lowest BCUT2D eigenvalue weighted by molar-refractivity contribution is -0.123. The average Bonchev–Trinajstić information content (AvgIpc) is 2.98. The molecule has 3 aromatic rings. The third-order valence-electron chi connectivity index (χ3n) is 4.68. The quantitative estimate of drug-likeness (QED) is 0.438. The zero-order valence-corrected chi connectivity index (χ0v) is 17.6. The van der Waals surface area contributed by atoms with Crippen LogP contribution in [0.3, 0.4) is 0 Å². The topological polar surface area (TPSA) is 46.6 Å². The van der Waals surface area contributed by atoms with E-state index < -0.39 is 0 Å². The number of nitrogens with zero attached hydrogens (tertiary/aromatic N) is 1. The Labute approximate surface area is 182 Å². The normalized spacial score (nSPS) is 15.6. The van der Waals surface area contributed by atoms with Gasteiger partial charge in [-0.1, -0.05) is 59.6 Å². The molecular formula is C22H15Cl2NO3S. The van der Waals surface area contributed by atoms with Crippen molar-refractivity contribution in [2.45, 2.75) is 6.54 Å². The number of carbonyl (C=O) groups excluding carboxylic acids is 2. The number of ether oxygens (including phenoxy) is 1. The molecule has 0 aliphatic carbocycles. The van der Waals surface area contributed by atoms with Gasteiger partial charge in [0.15, 0.2) is 0 Å². The molecular weight excluding hydrogens is 429 g/mol. The van der Waals surface area contributed by atoms with Crippen LogP contribution in [0.5, 0.6) is 5.75 Å². The van der Waals surface area contributed by atoms with Gasteiger partial charge in [0.05, 0.1) is 18.6 Å². The van der Waals surface area contributed by atoms with Crippen LogP contribution in [0.1, 0.15) is 11.1 Å². The maximum Gasteiger partial charge on any atom is 0.293 e. The van der Waals surface area contributed by atoms with Gasteiger partial charge >= 0.3 is 0 Å². The van der Waals surface area contributed by atoms with Crippen LogP contribution < -0.4 is 4.74 Å². The van der Waals surface area contributed by atoms with Crippen LogP contribution in [-0.2, 0) is 11.3 Å². The highest BCUT2D eigenvalue weighted by Crippen LogP contribution is 2.38. The van der Waals surface area contributed by atoms with Crippen LogP contribution in [0, 0.1) is 0 Å². The average molecular weight is 444 g/mol. The molecule has 0 spiro atoms. The Balaban J connectivity index is 1.73. The summed E-state index contributed by atoms with van der Waals surface area (Å²) in [5.74, 6) is 0.246. The second-order valence-corrected chi connectivity index (χ2v) is 8.18. The smallest absolute Gasteiger partial charge is 0.293 e. The number of fused-ring (bicyclic) bond motifs is 1. The van der Waals surface area contributed by atoms with Gasteiger partial charge in [0.25, 0.3) is 11.1 Å². The lowest BCUT2D eigenvalue weighted by Gasteiger charge is -2.15. The molecule has 0 radical (unpaired) electrons. The molecule has 0 saturated carbocycles. The molecule has 0 bridgehead atoms. The first-order chi connectivity index (χ1) is 14.0. The second kappa shape index (κ2) is 8.11. The van der Waals surface area contributed by atoms with Gasteiger partial charge in [-0.15, -0.1) is 0 Å². The predicted molar refractivity (Wildman–Crippen MR) is 118 cm³/mol. The number of benzene rings is 3. The van der Waals surface area contributed by atoms with Gasteiger partial charge in [0.2, 0.25) is 0 Å². The summed E-state index contributed by atoms with van der Waals surface area (Å²) in [6, 6.07) is 16.7. The number of amides is 2. The summed E-state index contributed by atoms with van der Waals surface area (Å²) in [5.41, 5.74) is 1.30. The van der Waals surface area contributed by atoms with Crippen LogP contribution in [0.25, 0.3) is 16.8 Å². The lowest BCUT2D eigenvalue weighted by Crippen LogP contribution is -2.27. The summed E-state index contributed by atoms with van der Waals surface area (Å²) in [5, 5.41) is 2.42. The number of imide groups is 1. The molecule has 0 aromatic heterocycles. The highest BCUT2D eigenvalue weighted by atomic mass is 35.5. The van der Waals surface area contributed by atoms with E-state index in [4.69, 9.17) is 27.9 Å². The molecule has 29 heavy (non-hydrogen) atoms. The standard InChI is InChI=1S/C22H15Cl2NO3S/c1-28-19-10-9-13-5-2-3-6-14(13)15(19)11-20-21(26)25(22(27)29-20)12-16-17(23)7-4-8-18(16)24/h2-11H,12H2,1H3/b20-11+. The van der Waals surface area contributed by atoms with E-state index in [1.807, 2.05) is 36.4 Å². The van der Waals surface area contributed by atoms with Crippen LogP contribution in [0.4, 0.5) is 4.79 Å². The molecule has 0 atom stereocenters. The molecule has 4 rings (SSSR count). The number of carbonyl (C=O) groups is 2. The van der Waals surface area contributed by atoms with E-state index in [0.29, 0.717) is 26.3 Å². The minimum absolute atomic E-state index is 0.0210. The van der Waals surface area contributed by atoms with E-state index in [-0.39, 0.29) is 17.7 Å². The van der Waals surface area contributed by atoms with Gasteiger partial charge in [-0.25, -0.2) is 0 Å². The zero-order valence-electron chi connectivity index (χ0n) is 15.3. The molecule has 3 aromatic carbocycles. The van der Waals surface area contributed by atoms with Gasteiger partial charge in [-0.05, 0) is 46.8 Å². The van der Waals surface area contributed by atoms with Crippen molar-refractivity contribution in [3.8, 4) is 5.75 Å². The molecule has 1 aliphatic heterocycles. The molecule has 0 N–H and O–H groups in total. The summed E-state index contributed by atoms with van der Waals surface area (Å²) >= 11 is 13.3. The fourth-order valence-electron chi connectivity index (χ4n) is 3.21. The number of halogens is 2. The maximum atomic E-state index is 13.0. The van der Waals surface area contributed by atoms with E-state index in [1.165, 1.54) is 0 Å². The Morgan fingerprint density at radius 2 is 1.72 bits per heavy atom. The number of hydrogen-bond donors (Lipinski definition) is 0. The van der Waals surface area contributed by atoms with Crippen molar-refractivity contribution >= 4 is 63.0 Å². The SMILES string of the molecule is COc1ccc2ccccc2c1/C=C1/SC(=O)N(Cc2c(Cl)cccc2Cl)C1=O. The molecule has 7 heteroatoms. The predicted octanol–water partition coefficient (Wildman–Crippen LogP) is 6.39. The summed E-state index contributed by atoms with van der Waals surface area (Å²) < 4.78 is 5.48. The van der Waals surface area contributed by atoms with E-state index in [9.17, 15) is 9.59 Å². The first-order valence-corrected chi connectivity index (χ1v) is 10.3. The Kier molecular flexibility index (Phi) is 5.54. The van der Waals surface area contributed by atoms with Crippen LogP contribution in [0.2, 0.25) is 10.0 Å². The first-order valence-electron chi connectivity index (χ1n) is 8.73. The Bertz CT molecular complexity index is 1160.